The fourth-order valence-corrected chi connectivity index (χ4v) is 3.13. The van der Waals surface area contributed by atoms with E-state index in [2.05, 4.69) is 15.3 Å². The SMILES string of the molecule is COc1ccc(CCNC(=O)COC(=O)CCc2nc3ccccc3c(=O)[nH]2)cc1OC. The number of methoxy groups -OCH3 is 2. The molecule has 1 amide bonds. The third-order valence-electron chi connectivity index (χ3n) is 4.78. The lowest BCUT2D eigenvalue weighted by molar-refractivity contribution is -0.148. The van der Waals surface area contributed by atoms with Crippen molar-refractivity contribution in [2.75, 3.05) is 27.4 Å². The molecule has 2 N–H and O–H groups in total. The van der Waals surface area contributed by atoms with Crippen molar-refractivity contribution in [1.82, 2.24) is 15.3 Å². The first-order chi connectivity index (χ1) is 15.5. The van der Waals surface area contributed by atoms with Gasteiger partial charge in [-0.1, -0.05) is 18.2 Å². The van der Waals surface area contributed by atoms with Gasteiger partial charge in [0.25, 0.3) is 11.5 Å². The number of hydrogen-bond donors (Lipinski definition) is 2. The van der Waals surface area contributed by atoms with Gasteiger partial charge in [-0.25, -0.2) is 4.98 Å². The highest BCUT2D eigenvalue weighted by Gasteiger charge is 2.10. The fraction of sp³-hybridized carbons (Fsp3) is 0.304. The molecule has 3 aromatic rings. The second-order valence-electron chi connectivity index (χ2n) is 6.98. The monoisotopic (exact) mass is 439 g/mol. The quantitative estimate of drug-likeness (QED) is 0.462. The van der Waals surface area contributed by atoms with Gasteiger partial charge in [-0.05, 0) is 36.2 Å². The van der Waals surface area contributed by atoms with Gasteiger partial charge in [0.15, 0.2) is 18.1 Å². The lowest BCUT2D eigenvalue weighted by Crippen LogP contribution is -2.30. The zero-order valence-corrected chi connectivity index (χ0v) is 18.0. The largest absolute Gasteiger partial charge is 0.493 e. The van der Waals surface area contributed by atoms with Crippen molar-refractivity contribution in [3.8, 4) is 11.5 Å². The van der Waals surface area contributed by atoms with Crippen LogP contribution in [-0.2, 0) is 27.2 Å². The number of ether oxygens (including phenoxy) is 3. The predicted octanol–water partition coefficient (Wildman–Crippen LogP) is 1.77. The first-order valence-corrected chi connectivity index (χ1v) is 10.1. The highest BCUT2D eigenvalue weighted by Crippen LogP contribution is 2.27. The Bertz CT molecular complexity index is 1160. The average Bonchev–Trinajstić information content (AvgIpc) is 2.81. The molecule has 0 unspecified atom stereocenters. The van der Waals surface area contributed by atoms with Crippen LogP contribution in [0, 0.1) is 0 Å². The number of fused-ring (bicyclic) bond motifs is 1. The first kappa shape index (κ1) is 22.8. The van der Waals surface area contributed by atoms with Crippen molar-refractivity contribution in [1.29, 1.82) is 0 Å². The standard InChI is InChI=1S/C23H25N3O6/c1-30-18-8-7-15(13-19(18)31-2)11-12-24-21(27)14-32-22(28)10-9-20-25-17-6-4-3-5-16(17)23(29)26-20/h3-8,13H,9-12,14H2,1-2H3,(H,24,27)(H,25,26,29). The number of aromatic nitrogens is 2. The Balaban J connectivity index is 1.39. The number of nitrogens with zero attached hydrogens (tertiary/aromatic N) is 1. The molecule has 1 aromatic heterocycles. The second kappa shape index (κ2) is 10.9. The second-order valence-corrected chi connectivity index (χ2v) is 6.98. The van der Waals surface area contributed by atoms with E-state index in [0.717, 1.165) is 5.56 Å². The Hall–Kier alpha value is -3.88. The first-order valence-electron chi connectivity index (χ1n) is 10.1. The summed E-state index contributed by atoms with van der Waals surface area (Å²) in [6, 6.07) is 12.5. The minimum Gasteiger partial charge on any atom is -0.493 e. The average molecular weight is 439 g/mol. The van der Waals surface area contributed by atoms with Crippen LogP contribution in [0.2, 0.25) is 0 Å². The molecule has 0 radical (unpaired) electrons. The molecule has 0 saturated carbocycles. The molecule has 3 rings (SSSR count). The smallest absolute Gasteiger partial charge is 0.306 e. The molecule has 9 nitrogen and oxygen atoms in total. The van der Waals surface area contributed by atoms with Crippen LogP contribution < -0.4 is 20.3 Å². The Morgan fingerprint density at radius 2 is 1.81 bits per heavy atom. The van der Waals surface area contributed by atoms with E-state index >= 15 is 0 Å². The molecule has 0 bridgehead atoms. The summed E-state index contributed by atoms with van der Waals surface area (Å²) in [5.74, 6) is 0.708. The third-order valence-corrected chi connectivity index (χ3v) is 4.78. The van der Waals surface area contributed by atoms with Crippen LogP contribution in [-0.4, -0.2) is 49.2 Å². The summed E-state index contributed by atoms with van der Waals surface area (Å²) in [6.45, 7) is 0.0144. The highest BCUT2D eigenvalue weighted by atomic mass is 16.5. The summed E-state index contributed by atoms with van der Waals surface area (Å²) in [7, 11) is 3.13. The van der Waals surface area contributed by atoms with Crippen molar-refractivity contribution in [3.63, 3.8) is 0 Å². The lowest BCUT2D eigenvalue weighted by atomic mass is 10.1. The van der Waals surface area contributed by atoms with Crippen LogP contribution >= 0.6 is 0 Å². The lowest BCUT2D eigenvalue weighted by Gasteiger charge is -2.10. The molecular weight excluding hydrogens is 414 g/mol. The van der Waals surface area contributed by atoms with Crippen LogP contribution in [0.4, 0.5) is 0 Å². The van der Waals surface area contributed by atoms with E-state index in [1.807, 2.05) is 12.1 Å². The van der Waals surface area contributed by atoms with Crippen molar-refractivity contribution >= 4 is 22.8 Å². The van der Waals surface area contributed by atoms with E-state index in [1.54, 1.807) is 44.6 Å². The summed E-state index contributed by atoms with van der Waals surface area (Å²) in [5.41, 5.74) is 1.28. The Labute approximate surface area is 184 Å². The van der Waals surface area contributed by atoms with Crippen LogP contribution in [0.5, 0.6) is 11.5 Å². The predicted molar refractivity (Wildman–Crippen MR) is 118 cm³/mol. The number of hydrogen-bond acceptors (Lipinski definition) is 7. The van der Waals surface area contributed by atoms with Gasteiger partial charge in [-0.3, -0.25) is 14.4 Å². The molecule has 32 heavy (non-hydrogen) atoms. The van der Waals surface area contributed by atoms with Crippen molar-refractivity contribution in [2.24, 2.45) is 0 Å². The van der Waals surface area contributed by atoms with Crippen LogP contribution in [0.3, 0.4) is 0 Å². The van der Waals surface area contributed by atoms with Crippen LogP contribution in [0.15, 0.2) is 47.3 Å². The number of benzene rings is 2. The molecule has 0 aliphatic heterocycles. The number of carbonyl (C=O) groups excluding carboxylic acids is 2. The Kier molecular flexibility index (Phi) is 7.80. The van der Waals surface area contributed by atoms with E-state index in [0.29, 0.717) is 41.2 Å². The summed E-state index contributed by atoms with van der Waals surface area (Å²) >= 11 is 0. The van der Waals surface area contributed by atoms with Gasteiger partial charge < -0.3 is 24.5 Å². The Morgan fingerprint density at radius 1 is 1.03 bits per heavy atom. The van der Waals surface area contributed by atoms with E-state index in [-0.39, 0.29) is 25.0 Å². The van der Waals surface area contributed by atoms with Gasteiger partial charge in [0.2, 0.25) is 0 Å². The van der Waals surface area contributed by atoms with Crippen molar-refractivity contribution in [3.05, 3.63) is 64.2 Å². The number of aryl methyl sites for hydroxylation is 1. The number of aromatic amines is 1. The number of amides is 1. The Morgan fingerprint density at radius 3 is 2.59 bits per heavy atom. The summed E-state index contributed by atoms with van der Waals surface area (Å²) < 4.78 is 15.5. The maximum atomic E-state index is 12.1. The van der Waals surface area contributed by atoms with Crippen LogP contribution in [0.25, 0.3) is 10.9 Å². The van der Waals surface area contributed by atoms with Gasteiger partial charge in [0.1, 0.15) is 5.82 Å². The normalized spacial score (nSPS) is 10.6. The van der Waals surface area contributed by atoms with Gasteiger partial charge in [-0.15, -0.1) is 0 Å². The molecule has 0 atom stereocenters. The van der Waals surface area contributed by atoms with Crippen molar-refractivity contribution in [2.45, 2.75) is 19.3 Å². The molecule has 0 aliphatic carbocycles. The number of para-hydroxylation sites is 1. The fourth-order valence-electron chi connectivity index (χ4n) is 3.13. The topological polar surface area (TPSA) is 120 Å². The van der Waals surface area contributed by atoms with E-state index < -0.39 is 11.9 Å². The summed E-state index contributed by atoms with van der Waals surface area (Å²) in [4.78, 5) is 42.9. The maximum Gasteiger partial charge on any atom is 0.306 e. The number of nitrogens with one attached hydrogen (secondary N) is 2. The zero-order valence-electron chi connectivity index (χ0n) is 18.0. The molecule has 0 spiro atoms. The number of H-pyrrole nitrogens is 1. The molecule has 0 saturated heterocycles. The number of carbonyl (C=O) groups is 2. The zero-order chi connectivity index (χ0) is 22.9. The molecule has 9 heteroatoms. The van der Waals surface area contributed by atoms with E-state index in [4.69, 9.17) is 14.2 Å². The number of rotatable bonds is 10. The number of esters is 1. The van der Waals surface area contributed by atoms with Gasteiger partial charge in [0.05, 0.1) is 31.5 Å². The van der Waals surface area contributed by atoms with Gasteiger partial charge >= 0.3 is 5.97 Å². The summed E-state index contributed by atoms with van der Waals surface area (Å²) in [5, 5.41) is 3.20. The molecule has 0 aliphatic rings. The van der Waals surface area contributed by atoms with E-state index in [9.17, 15) is 14.4 Å². The van der Waals surface area contributed by atoms with Gasteiger partial charge in [0, 0.05) is 13.0 Å². The molecular formula is C23H25N3O6. The van der Waals surface area contributed by atoms with E-state index in [1.165, 1.54) is 0 Å². The molecule has 168 valence electrons. The van der Waals surface area contributed by atoms with Crippen molar-refractivity contribution < 1.29 is 23.8 Å². The molecule has 0 fully saturated rings. The van der Waals surface area contributed by atoms with Crippen LogP contribution in [0.1, 0.15) is 17.8 Å². The van der Waals surface area contributed by atoms with Gasteiger partial charge in [-0.2, -0.15) is 0 Å². The molecule has 1 heterocycles. The minimum absolute atomic E-state index is 0.000201. The highest BCUT2D eigenvalue weighted by molar-refractivity contribution is 5.80. The minimum atomic E-state index is -0.546. The maximum absolute atomic E-state index is 12.1. The molecule has 2 aromatic carbocycles. The third kappa shape index (κ3) is 6.07. The summed E-state index contributed by atoms with van der Waals surface area (Å²) in [6.07, 6.45) is 0.793.